The van der Waals surface area contributed by atoms with Crippen LogP contribution in [0.4, 0.5) is 0 Å². The Kier molecular flexibility index (Phi) is 2.54. The van der Waals surface area contributed by atoms with E-state index in [2.05, 4.69) is 6.07 Å². The maximum absolute atomic E-state index is 9.55. The molecule has 0 aliphatic rings. The number of aromatic hydroxyl groups is 1. The maximum Gasteiger partial charge on any atom is 0.123 e. The van der Waals surface area contributed by atoms with Crippen LogP contribution < -0.4 is 0 Å². The summed E-state index contributed by atoms with van der Waals surface area (Å²) in [6.07, 6.45) is 3.85. The van der Waals surface area contributed by atoms with Crippen LogP contribution in [0.25, 0.3) is 6.08 Å². The van der Waals surface area contributed by atoms with Crippen LogP contribution in [0.1, 0.15) is 23.6 Å². The van der Waals surface area contributed by atoms with Crippen molar-refractivity contribution >= 4 is 6.08 Å². The van der Waals surface area contributed by atoms with Gasteiger partial charge in [0.15, 0.2) is 0 Å². The van der Waals surface area contributed by atoms with Crippen molar-refractivity contribution in [1.82, 2.24) is 0 Å². The van der Waals surface area contributed by atoms with Gasteiger partial charge in [-0.05, 0) is 38.0 Å². The molecule has 1 aromatic carbocycles. The fourth-order valence-corrected chi connectivity index (χ4v) is 1.34. The molecule has 0 heterocycles. The first kappa shape index (κ1) is 8.85. The van der Waals surface area contributed by atoms with Gasteiger partial charge in [-0.15, -0.1) is 0 Å². The Hall–Kier alpha value is -1.24. The Labute approximate surface area is 73.4 Å². The van der Waals surface area contributed by atoms with E-state index in [1.165, 1.54) is 0 Å². The highest BCUT2D eigenvalue weighted by molar-refractivity contribution is 5.61. The van der Waals surface area contributed by atoms with Gasteiger partial charge in [-0.25, -0.2) is 0 Å². The van der Waals surface area contributed by atoms with Crippen LogP contribution in [0.15, 0.2) is 18.2 Å². The lowest BCUT2D eigenvalue weighted by atomic mass is 10.0. The summed E-state index contributed by atoms with van der Waals surface area (Å²) in [5, 5.41) is 9.55. The van der Waals surface area contributed by atoms with Gasteiger partial charge >= 0.3 is 0 Å². The third-order valence-electron chi connectivity index (χ3n) is 1.84. The smallest absolute Gasteiger partial charge is 0.123 e. The minimum Gasteiger partial charge on any atom is -0.507 e. The Morgan fingerprint density at radius 3 is 2.42 bits per heavy atom. The Morgan fingerprint density at radius 2 is 1.92 bits per heavy atom. The summed E-state index contributed by atoms with van der Waals surface area (Å²) in [6, 6.07) is 3.84. The highest BCUT2D eigenvalue weighted by Crippen LogP contribution is 2.23. The molecule has 0 unspecified atom stereocenters. The summed E-state index contributed by atoms with van der Waals surface area (Å²) < 4.78 is 0. The van der Waals surface area contributed by atoms with Crippen molar-refractivity contribution in [3.8, 4) is 5.75 Å². The van der Waals surface area contributed by atoms with Crippen LogP contribution in [0, 0.1) is 13.8 Å². The zero-order valence-corrected chi connectivity index (χ0v) is 7.76. The average Bonchev–Trinajstić information content (AvgIpc) is 1.96. The van der Waals surface area contributed by atoms with Crippen molar-refractivity contribution in [1.29, 1.82) is 0 Å². The van der Waals surface area contributed by atoms with Crippen molar-refractivity contribution in [3.63, 3.8) is 0 Å². The molecule has 1 aromatic rings. The van der Waals surface area contributed by atoms with Crippen molar-refractivity contribution in [2.75, 3.05) is 0 Å². The molecule has 0 saturated carbocycles. The van der Waals surface area contributed by atoms with Crippen LogP contribution in [0.2, 0.25) is 0 Å². The van der Waals surface area contributed by atoms with E-state index >= 15 is 0 Å². The SMILES string of the molecule is CC=Cc1c(C)cc(C)cc1O. The van der Waals surface area contributed by atoms with Crippen molar-refractivity contribution < 1.29 is 5.11 Å². The monoisotopic (exact) mass is 162 g/mol. The molecule has 0 spiro atoms. The highest BCUT2D eigenvalue weighted by atomic mass is 16.3. The van der Waals surface area contributed by atoms with Crippen molar-refractivity contribution in [2.45, 2.75) is 20.8 Å². The van der Waals surface area contributed by atoms with Crippen LogP contribution in [-0.4, -0.2) is 5.11 Å². The summed E-state index contributed by atoms with van der Waals surface area (Å²) in [4.78, 5) is 0. The number of benzene rings is 1. The second kappa shape index (κ2) is 3.44. The first-order valence-corrected chi connectivity index (χ1v) is 4.08. The fraction of sp³-hybridized carbons (Fsp3) is 0.273. The molecule has 0 saturated heterocycles. The molecule has 1 N–H and O–H groups in total. The van der Waals surface area contributed by atoms with E-state index in [9.17, 15) is 5.11 Å². The maximum atomic E-state index is 9.55. The van der Waals surface area contributed by atoms with Crippen LogP contribution >= 0.6 is 0 Å². The van der Waals surface area contributed by atoms with E-state index in [1.54, 1.807) is 6.07 Å². The zero-order chi connectivity index (χ0) is 9.14. The molecule has 0 bridgehead atoms. The molecule has 0 aliphatic heterocycles. The molecule has 12 heavy (non-hydrogen) atoms. The summed E-state index contributed by atoms with van der Waals surface area (Å²) in [7, 11) is 0. The second-order valence-electron chi connectivity index (χ2n) is 3.01. The van der Waals surface area contributed by atoms with Crippen LogP contribution in [-0.2, 0) is 0 Å². The van der Waals surface area contributed by atoms with Gasteiger partial charge < -0.3 is 5.11 Å². The van der Waals surface area contributed by atoms with Crippen LogP contribution in [0.5, 0.6) is 5.75 Å². The number of hydrogen-bond donors (Lipinski definition) is 1. The summed E-state index contributed by atoms with van der Waals surface area (Å²) in [6.45, 7) is 5.92. The number of rotatable bonds is 1. The lowest BCUT2D eigenvalue weighted by Gasteiger charge is -2.04. The van der Waals surface area contributed by atoms with Gasteiger partial charge in [0, 0.05) is 5.56 Å². The summed E-state index contributed by atoms with van der Waals surface area (Å²) >= 11 is 0. The third-order valence-corrected chi connectivity index (χ3v) is 1.84. The van der Waals surface area contributed by atoms with Gasteiger partial charge in [0.25, 0.3) is 0 Å². The number of allylic oxidation sites excluding steroid dienone is 1. The van der Waals surface area contributed by atoms with E-state index in [4.69, 9.17) is 0 Å². The van der Waals surface area contributed by atoms with Gasteiger partial charge in [0.2, 0.25) is 0 Å². The third kappa shape index (κ3) is 1.67. The molecular weight excluding hydrogens is 148 g/mol. The molecule has 0 amide bonds. The number of aryl methyl sites for hydroxylation is 2. The first-order valence-electron chi connectivity index (χ1n) is 4.08. The van der Waals surface area contributed by atoms with Crippen LogP contribution in [0.3, 0.4) is 0 Å². The molecule has 0 atom stereocenters. The fourth-order valence-electron chi connectivity index (χ4n) is 1.34. The predicted octanol–water partition coefficient (Wildman–Crippen LogP) is 3.04. The van der Waals surface area contributed by atoms with E-state index in [0.29, 0.717) is 5.75 Å². The Balaban J connectivity index is 3.28. The topological polar surface area (TPSA) is 20.2 Å². The zero-order valence-electron chi connectivity index (χ0n) is 7.76. The van der Waals surface area contributed by atoms with Gasteiger partial charge in [-0.2, -0.15) is 0 Å². The molecule has 64 valence electrons. The van der Waals surface area contributed by atoms with Gasteiger partial charge in [-0.3, -0.25) is 0 Å². The highest BCUT2D eigenvalue weighted by Gasteiger charge is 2.01. The lowest BCUT2D eigenvalue weighted by Crippen LogP contribution is -1.83. The Bertz CT molecular complexity index is 288. The molecule has 1 rings (SSSR count). The van der Waals surface area contributed by atoms with E-state index in [0.717, 1.165) is 16.7 Å². The average molecular weight is 162 g/mol. The van der Waals surface area contributed by atoms with Crippen molar-refractivity contribution in [3.05, 3.63) is 34.9 Å². The normalized spacial score (nSPS) is 10.9. The molecule has 0 radical (unpaired) electrons. The summed E-state index contributed by atoms with van der Waals surface area (Å²) in [5.74, 6) is 0.366. The molecule has 0 aromatic heterocycles. The van der Waals surface area contributed by atoms with E-state index in [-0.39, 0.29) is 0 Å². The number of phenols is 1. The first-order chi connectivity index (χ1) is 5.65. The molecule has 1 nitrogen and oxygen atoms in total. The van der Waals surface area contributed by atoms with Gasteiger partial charge in [0.05, 0.1) is 0 Å². The molecular formula is C11H14O. The van der Waals surface area contributed by atoms with Crippen molar-refractivity contribution in [2.24, 2.45) is 0 Å². The van der Waals surface area contributed by atoms with E-state index < -0.39 is 0 Å². The quantitative estimate of drug-likeness (QED) is 0.673. The largest absolute Gasteiger partial charge is 0.507 e. The minimum atomic E-state index is 0.366. The summed E-state index contributed by atoms with van der Waals surface area (Å²) in [5.41, 5.74) is 3.13. The standard InChI is InChI=1S/C11H14O/c1-4-5-10-9(3)6-8(2)7-11(10)12/h4-7,12H,1-3H3. The molecule has 0 fully saturated rings. The Morgan fingerprint density at radius 1 is 1.25 bits per heavy atom. The predicted molar refractivity (Wildman–Crippen MR) is 52.3 cm³/mol. The lowest BCUT2D eigenvalue weighted by molar-refractivity contribution is 0.473. The second-order valence-corrected chi connectivity index (χ2v) is 3.01. The van der Waals surface area contributed by atoms with Gasteiger partial charge in [0.1, 0.15) is 5.75 Å². The molecule has 1 heteroatoms. The number of phenolic OH excluding ortho intramolecular Hbond substituents is 1. The molecule has 0 aliphatic carbocycles. The minimum absolute atomic E-state index is 0.366. The number of hydrogen-bond acceptors (Lipinski definition) is 1. The van der Waals surface area contributed by atoms with Gasteiger partial charge in [-0.1, -0.05) is 18.2 Å². The van der Waals surface area contributed by atoms with E-state index in [1.807, 2.05) is 32.9 Å².